The maximum Gasteiger partial charge on any atom is 0.514 e. The van der Waals surface area contributed by atoms with Gasteiger partial charge in [0.05, 0.1) is 6.61 Å². The Hall–Kier alpha value is -2.22. The molecular formula is C25H35NO7P+. The second kappa shape index (κ2) is 14.2. The van der Waals surface area contributed by atoms with Gasteiger partial charge >= 0.3 is 8.03 Å². The van der Waals surface area contributed by atoms with Crippen LogP contribution in [0.3, 0.4) is 0 Å². The van der Waals surface area contributed by atoms with Gasteiger partial charge < -0.3 is 30.1 Å². The molecule has 34 heavy (non-hydrogen) atoms. The van der Waals surface area contributed by atoms with Crippen molar-refractivity contribution in [2.75, 3.05) is 26.5 Å². The van der Waals surface area contributed by atoms with Crippen LogP contribution in [0.5, 0.6) is 17.2 Å². The Labute approximate surface area is 201 Å². The summed E-state index contributed by atoms with van der Waals surface area (Å²) >= 11 is 0. The van der Waals surface area contributed by atoms with Gasteiger partial charge in [-0.15, -0.1) is 4.52 Å². The molecule has 0 aliphatic heterocycles. The van der Waals surface area contributed by atoms with E-state index in [1.165, 1.54) is 12.5 Å². The molecule has 4 N–H and O–H groups in total. The highest BCUT2D eigenvalue weighted by Gasteiger charge is 2.34. The van der Waals surface area contributed by atoms with E-state index in [1.54, 1.807) is 12.1 Å². The number of rotatable bonds is 14. The van der Waals surface area contributed by atoms with Gasteiger partial charge in [-0.3, -0.25) is 0 Å². The van der Waals surface area contributed by atoms with Crippen LogP contribution in [0.4, 0.5) is 0 Å². The van der Waals surface area contributed by atoms with Crippen LogP contribution in [0.2, 0.25) is 0 Å². The number of aliphatic hydroxyl groups is 2. The van der Waals surface area contributed by atoms with E-state index < -0.39 is 14.1 Å². The Morgan fingerprint density at radius 1 is 1.03 bits per heavy atom. The molecule has 0 radical (unpaired) electrons. The summed E-state index contributed by atoms with van der Waals surface area (Å²) in [7, 11) is -1.67. The normalized spacial score (nSPS) is 15.6. The van der Waals surface area contributed by atoms with Gasteiger partial charge in [0.25, 0.3) is 0 Å². The Bertz CT molecular complexity index is 887. The minimum Gasteiger partial charge on any atom is -0.508 e. The molecule has 9 heteroatoms. The number of nitrogens with one attached hydrogen (secondary N) is 1. The molecule has 0 heterocycles. The summed E-state index contributed by atoms with van der Waals surface area (Å²) in [6.45, 7) is 0.885. The minimum absolute atomic E-state index is 0.00196. The first-order valence-corrected chi connectivity index (χ1v) is 13.0. The number of aliphatic hydroxyl groups excluding tert-OH is 2. The van der Waals surface area contributed by atoms with Crippen molar-refractivity contribution in [3.63, 3.8) is 0 Å². The van der Waals surface area contributed by atoms with Gasteiger partial charge in [0.1, 0.15) is 30.0 Å². The fraction of sp³-hybridized carbons (Fsp3) is 0.520. The topological polar surface area (TPSA) is 117 Å². The zero-order valence-electron chi connectivity index (χ0n) is 19.4. The maximum atomic E-state index is 12.2. The van der Waals surface area contributed by atoms with Gasteiger partial charge in [-0.05, 0) is 79.1 Å². The van der Waals surface area contributed by atoms with Gasteiger partial charge in [-0.2, -0.15) is 0 Å². The average Bonchev–Trinajstić information content (AvgIpc) is 2.87. The Balaban J connectivity index is 1.27. The molecule has 186 valence electrons. The van der Waals surface area contributed by atoms with Crippen LogP contribution < -0.4 is 14.8 Å². The number of phenols is 1. The first-order valence-electron chi connectivity index (χ1n) is 11.8. The van der Waals surface area contributed by atoms with Crippen molar-refractivity contribution < 1.29 is 33.9 Å². The van der Waals surface area contributed by atoms with Crippen molar-refractivity contribution in [1.29, 1.82) is 0 Å². The molecule has 1 saturated carbocycles. The van der Waals surface area contributed by atoms with Gasteiger partial charge in [0, 0.05) is 12.1 Å². The summed E-state index contributed by atoms with van der Waals surface area (Å²) < 4.78 is 28.7. The van der Waals surface area contributed by atoms with Crippen LogP contribution in [0.15, 0.2) is 42.5 Å². The van der Waals surface area contributed by atoms with Gasteiger partial charge in [-0.1, -0.05) is 18.6 Å². The van der Waals surface area contributed by atoms with E-state index in [-0.39, 0.29) is 31.4 Å². The third kappa shape index (κ3) is 8.85. The SMILES string of the molecule is O=[P+](OCOc1ccc(CCNCC(O)COc2ccc(O)c(CO)c2)cc1)C1CCCCC1. The zero-order chi connectivity index (χ0) is 24.2. The summed E-state index contributed by atoms with van der Waals surface area (Å²) in [4.78, 5) is 0. The minimum atomic E-state index is -1.67. The quantitative estimate of drug-likeness (QED) is 0.178. The Kier molecular flexibility index (Phi) is 11.1. The largest absolute Gasteiger partial charge is 0.514 e. The second-order valence-electron chi connectivity index (χ2n) is 8.48. The van der Waals surface area contributed by atoms with Crippen molar-refractivity contribution in [3.8, 4) is 17.2 Å². The molecule has 2 aromatic rings. The number of benzene rings is 2. The molecule has 2 aromatic carbocycles. The molecule has 0 saturated heterocycles. The van der Waals surface area contributed by atoms with E-state index in [1.807, 2.05) is 24.3 Å². The standard InChI is InChI=1S/C25H34NO7P/c27-16-20-14-23(10-11-25(20)29)31-17-21(28)15-26-13-12-19-6-8-22(9-7-19)32-18-33-34(30)24-4-2-1-3-5-24/h6-11,14,21,24,26-28H,1-5,12-13,15-18H2/p+1. The lowest BCUT2D eigenvalue weighted by Crippen LogP contribution is -2.32. The molecule has 8 nitrogen and oxygen atoms in total. The van der Waals surface area contributed by atoms with Crippen molar-refractivity contribution >= 4 is 8.03 Å². The summed E-state index contributed by atoms with van der Waals surface area (Å²) in [6, 6.07) is 12.3. The van der Waals surface area contributed by atoms with Crippen LogP contribution in [-0.4, -0.2) is 53.6 Å². The highest BCUT2D eigenvalue weighted by Crippen LogP contribution is 2.39. The van der Waals surface area contributed by atoms with E-state index in [4.69, 9.17) is 14.0 Å². The van der Waals surface area contributed by atoms with E-state index in [0.717, 1.165) is 37.7 Å². The zero-order valence-corrected chi connectivity index (χ0v) is 20.3. The average molecular weight is 493 g/mol. The van der Waals surface area contributed by atoms with Gasteiger partial charge in [0.15, 0.2) is 5.66 Å². The van der Waals surface area contributed by atoms with E-state index in [0.29, 0.717) is 30.2 Å². The summed E-state index contributed by atoms with van der Waals surface area (Å²) in [5.41, 5.74) is 1.67. The fourth-order valence-corrected chi connectivity index (χ4v) is 4.98. The van der Waals surface area contributed by atoms with Crippen molar-refractivity contribution in [1.82, 2.24) is 5.32 Å². The molecule has 0 aromatic heterocycles. The lowest BCUT2D eigenvalue weighted by Gasteiger charge is -2.14. The summed E-state index contributed by atoms with van der Waals surface area (Å²) in [5, 5.41) is 32.0. The molecule has 0 spiro atoms. The number of aromatic hydroxyl groups is 1. The van der Waals surface area contributed by atoms with Crippen molar-refractivity contribution in [3.05, 3.63) is 53.6 Å². The molecule has 0 amide bonds. The van der Waals surface area contributed by atoms with Crippen LogP contribution >= 0.6 is 8.03 Å². The predicted octanol–water partition coefficient (Wildman–Crippen LogP) is 3.88. The highest BCUT2D eigenvalue weighted by atomic mass is 31.1. The first kappa shape index (κ1) is 26.4. The molecular weight excluding hydrogens is 457 g/mol. The van der Waals surface area contributed by atoms with Gasteiger partial charge in [0.2, 0.25) is 6.79 Å². The van der Waals surface area contributed by atoms with Crippen LogP contribution in [0.25, 0.3) is 0 Å². The van der Waals surface area contributed by atoms with E-state index in [9.17, 15) is 19.9 Å². The Morgan fingerprint density at radius 3 is 2.50 bits per heavy atom. The molecule has 1 aliphatic carbocycles. The molecule has 2 atom stereocenters. The fourth-order valence-electron chi connectivity index (χ4n) is 3.83. The molecule has 2 unspecified atom stereocenters. The predicted molar refractivity (Wildman–Crippen MR) is 130 cm³/mol. The third-order valence-electron chi connectivity index (χ3n) is 5.84. The second-order valence-corrected chi connectivity index (χ2v) is 10.0. The Morgan fingerprint density at radius 2 is 1.76 bits per heavy atom. The first-order chi connectivity index (χ1) is 16.5. The van der Waals surface area contributed by atoms with Gasteiger partial charge in [-0.25, -0.2) is 0 Å². The van der Waals surface area contributed by atoms with E-state index >= 15 is 0 Å². The molecule has 3 rings (SSSR count). The van der Waals surface area contributed by atoms with E-state index in [2.05, 4.69) is 5.32 Å². The lowest BCUT2D eigenvalue weighted by atomic mass is 10.0. The van der Waals surface area contributed by atoms with Crippen LogP contribution in [0, 0.1) is 0 Å². The van der Waals surface area contributed by atoms with Crippen molar-refractivity contribution in [2.24, 2.45) is 0 Å². The number of hydrogen-bond donors (Lipinski definition) is 4. The van der Waals surface area contributed by atoms with Crippen LogP contribution in [-0.2, 0) is 22.1 Å². The number of hydrogen-bond acceptors (Lipinski definition) is 8. The monoisotopic (exact) mass is 492 g/mol. The molecule has 1 aliphatic rings. The molecule has 1 fully saturated rings. The molecule has 0 bridgehead atoms. The third-order valence-corrected chi connectivity index (χ3v) is 7.31. The maximum absolute atomic E-state index is 12.2. The number of ether oxygens (including phenoxy) is 2. The van der Waals surface area contributed by atoms with Crippen molar-refractivity contribution in [2.45, 2.75) is 56.9 Å². The lowest BCUT2D eigenvalue weighted by molar-refractivity contribution is 0.106. The summed E-state index contributed by atoms with van der Waals surface area (Å²) in [6.07, 6.45) is 5.53. The smallest absolute Gasteiger partial charge is 0.508 e. The summed E-state index contributed by atoms with van der Waals surface area (Å²) in [5.74, 6) is 1.17. The highest BCUT2D eigenvalue weighted by molar-refractivity contribution is 7.40. The van der Waals surface area contributed by atoms with Crippen LogP contribution in [0.1, 0.15) is 43.2 Å².